The van der Waals surface area contributed by atoms with Crippen LogP contribution in [0.3, 0.4) is 0 Å². The van der Waals surface area contributed by atoms with Gasteiger partial charge in [0.2, 0.25) is 10.4 Å². The van der Waals surface area contributed by atoms with E-state index < -0.39 is 37.8 Å². The first-order valence-corrected chi connectivity index (χ1v) is 8.57. The van der Waals surface area contributed by atoms with Crippen LogP contribution in [-0.4, -0.2) is 39.0 Å². The fourth-order valence-electron chi connectivity index (χ4n) is 2.01. The maximum Gasteiger partial charge on any atom is 1.00 e. The number of sulfone groups is 1. The smallest absolute Gasteiger partial charge is 0.726 e. The van der Waals surface area contributed by atoms with Crippen molar-refractivity contribution >= 4 is 20.2 Å². The molecule has 1 aliphatic rings. The Morgan fingerprint density at radius 2 is 1.61 bits per heavy atom. The van der Waals surface area contributed by atoms with Gasteiger partial charge >= 0.3 is 29.6 Å². The van der Waals surface area contributed by atoms with Gasteiger partial charge in [-0.2, -0.15) is 0 Å². The molecule has 1 rings (SSSR count). The van der Waals surface area contributed by atoms with Crippen molar-refractivity contribution < 1.29 is 55.1 Å². The van der Waals surface area contributed by atoms with Crippen LogP contribution in [0.5, 0.6) is 0 Å². The molecule has 0 atom stereocenters. The van der Waals surface area contributed by atoms with Gasteiger partial charge in [0.25, 0.3) is 0 Å². The molecule has 0 amide bonds. The molecule has 0 heterocycles. The summed E-state index contributed by atoms with van der Waals surface area (Å²) < 4.78 is 58.0. The van der Waals surface area contributed by atoms with Crippen molar-refractivity contribution in [1.29, 1.82) is 0 Å². The van der Waals surface area contributed by atoms with Crippen LogP contribution in [0.15, 0.2) is 0 Å². The molecule has 18 heavy (non-hydrogen) atoms. The third-order valence-corrected chi connectivity index (χ3v) is 5.74. The molecular weight excluding hydrogens is 291 g/mol. The number of hydrogen-bond acceptors (Lipinski definition) is 6. The van der Waals surface area contributed by atoms with Crippen LogP contribution >= 0.6 is 0 Å². The second-order valence-corrected chi connectivity index (χ2v) is 7.93. The molecule has 0 unspecified atom stereocenters. The fraction of sp³-hybridized carbons (Fsp3) is 1.00. The van der Waals surface area contributed by atoms with E-state index in [0.29, 0.717) is 18.8 Å². The summed E-state index contributed by atoms with van der Waals surface area (Å²) in [6, 6.07) is 0. The first-order chi connectivity index (χ1) is 7.71. The molecule has 0 radical (unpaired) electrons. The molecule has 102 valence electrons. The van der Waals surface area contributed by atoms with Crippen molar-refractivity contribution in [3.05, 3.63) is 0 Å². The van der Waals surface area contributed by atoms with E-state index in [1.54, 1.807) is 0 Å². The summed E-state index contributed by atoms with van der Waals surface area (Å²) in [7, 11) is -8.16. The normalized spacial score (nSPS) is 25.4. The minimum absolute atomic E-state index is 0. The van der Waals surface area contributed by atoms with E-state index in [1.807, 2.05) is 0 Å². The molecule has 0 aromatic rings. The monoisotopic (exact) mass is 308 g/mol. The largest absolute Gasteiger partial charge is 1.00 e. The fourth-order valence-corrected chi connectivity index (χ4v) is 4.04. The van der Waals surface area contributed by atoms with Crippen LogP contribution < -0.4 is 29.6 Å². The van der Waals surface area contributed by atoms with Gasteiger partial charge in [0.1, 0.15) is 0 Å². The van der Waals surface area contributed by atoms with E-state index in [9.17, 15) is 21.4 Å². The average molecular weight is 308 g/mol. The van der Waals surface area contributed by atoms with Gasteiger partial charge in [0.15, 0.2) is 9.84 Å². The molecule has 0 saturated heterocycles. The molecule has 0 aliphatic heterocycles. The zero-order valence-electron chi connectivity index (χ0n) is 10.7. The standard InChI is InChI=1S/C9H18O6S2.Na/c1-8-2-4-9(5-3-8)16(10,11)7-6-15-17(12,13)14;/h8-9H,2-7H2,1H3,(H,12,13,14);/q;+1/p-1. The summed E-state index contributed by atoms with van der Waals surface area (Å²) in [5.74, 6) is 0.132. The first kappa shape index (κ1) is 18.8. The minimum Gasteiger partial charge on any atom is -0.726 e. The Kier molecular flexibility index (Phi) is 7.91. The molecule has 0 aromatic heterocycles. The maximum absolute atomic E-state index is 11.8. The summed E-state index contributed by atoms with van der Waals surface area (Å²) in [4.78, 5) is 0. The summed E-state index contributed by atoms with van der Waals surface area (Å²) in [5.41, 5.74) is 0. The third kappa shape index (κ3) is 6.83. The Bertz CT molecular complexity index is 436. The molecule has 0 N–H and O–H groups in total. The summed E-state index contributed by atoms with van der Waals surface area (Å²) in [6.45, 7) is 1.50. The first-order valence-electron chi connectivity index (χ1n) is 5.52. The van der Waals surface area contributed by atoms with Crippen molar-refractivity contribution in [2.45, 2.75) is 37.9 Å². The van der Waals surface area contributed by atoms with Crippen LogP contribution in [0.25, 0.3) is 0 Å². The van der Waals surface area contributed by atoms with Crippen LogP contribution in [0.4, 0.5) is 0 Å². The summed E-state index contributed by atoms with van der Waals surface area (Å²) in [6.07, 6.45) is 2.94. The van der Waals surface area contributed by atoms with Gasteiger partial charge in [0.05, 0.1) is 17.6 Å². The Morgan fingerprint density at radius 1 is 1.11 bits per heavy atom. The zero-order chi connectivity index (χ0) is 13.1. The third-order valence-electron chi connectivity index (χ3n) is 3.07. The molecule has 9 heteroatoms. The van der Waals surface area contributed by atoms with E-state index >= 15 is 0 Å². The summed E-state index contributed by atoms with van der Waals surface area (Å²) >= 11 is 0. The van der Waals surface area contributed by atoms with Crippen molar-refractivity contribution in [2.24, 2.45) is 5.92 Å². The Hall–Kier alpha value is 0.820. The van der Waals surface area contributed by atoms with E-state index in [4.69, 9.17) is 0 Å². The van der Waals surface area contributed by atoms with E-state index in [0.717, 1.165) is 12.8 Å². The predicted octanol–water partition coefficient (Wildman–Crippen LogP) is -2.54. The number of hydrogen-bond donors (Lipinski definition) is 0. The zero-order valence-corrected chi connectivity index (χ0v) is 14.3. The van der Waals surface area contributed by atoms with Gasteiger partial charge in [0, 0.05) is 0 Å². The van der Waals surface area contributed by atoms with Gasteiger partial charge in [-0.25, -0.2) is 16.8 Å². The van der Waals surface area contributed by atoms with Gasteiger partial charge in [-0.15, -0.1) is 0 Å². The molecular formula is C9H17NaO6S2. The molecule has 6 nitrogen and oxygen atoms in total. The topological polar surface area (TPSA) is 101 Å². The van der Waals surface area contributed by atoms with Gasteiger partial charge in [-0.3, -0.25) is 4.18 Å². The SMILES string of the molecule is CC1CCC(S(=O)(=O)CCOS(=O)(=O)[O-])CC1.[Na+]. The average Bonchev–Trinajstić information content (AvgIpc) is 2.15. The Labute approximate surface area is 131 Å². The Morgan fingerprint density at radius 3 is 2.06 bits per heavy atom. The van der Waals surface area contributed by atoms with Gasteiger partial charge in [-0.05, 0) is 31.6 Å². The second-order valence-electron chi connectivity index (χ2n) is 4.48. The molecule has 0 aromatic carbocycles. The van der Waals surface area contributed by atoms with Gasteiger partial charge in [-0.1, -0.05) is 6.92 Å². The quantitative estimate of drug-likeness (QED) is 0.315. The van der Waals surface area contributed by atoms with Gasteiger partial charge < -0.3 is 4.55 Å². The molecule has 1 fully saturated rings. The van der Waals surface area contributed by atoms with Crippen molar-refractivity contribution in [3.63, 3.8) is 0 Å². The second kappa shape index (κ2) is 7.56. The molecule has 0 bridgehead atoms. The van der Waals surface area contributed by atoms with Crippen molar-refractivity contribution in [2.75, 3.05) is 12.4 Å². The maximum atomic E-state index is 11.8. The van der Waals surface area contributed by atoms with E-state index in [-0.39, 0.29) is 29.6 Å². The van der Waals surface area contributed by atoms with Crippen LogP contribution in [0.1, 0.15) is 32.6 Å². The molecule has 0 spiro atoms. The van der Waals surface area contributed by atoms with Crippen LogP contribution in [0, 0.1) is 5.92 Å². The van der Waals surface area contributed by atoms with E-state index in [2.05, 4.69) is 11.1 Å². The van der Waals surface area contributed by atoms with E-state index in [1.165, 1.54) is 0 Å². The minimum atomic E-state index is -4.80. The van der Waals surface area contributed by atoms with Crippen LogP contribution in [-0.2, 0) is 24.4 Å². The molecule has 1 aliphatic carbocycles. The van der Waals surface area contributed by atoms with Crippen molar-refractivity contribution in [3.8, 4) is 0 Å². The summed E-state index contributed by atoms with van der Waals surface area (Å²) in [5, 5.41) is -0.420. The predicted molar refractivity (Wildman–Crippen MR) is 60.9 cm³/mol. The van der Waals surface area contributed by atoms with Crippen molar-refractivity contribution in [1.82, 2.24) is 0 Å². The van der Waals surface area contributed by atoms with Crippen LogP contribution in [0.2, 0.25) is 0 Å². The Balaban J connectivity index is 0.00000289. The molecule has 1 saturated carbocycles. The number of rotatable bonds is 5.